The Hall–Kier alpha value is -1.79. The largest absolute Gasteiger partial charge is 0.496 e. The van der Waals surface area contributed by atoms with Gasteiger partial charge in [-0.1, -0.05) is 24.3 Å². The Kier molecular flexibility index (Phi) is 5.72. The van der Waals surface area contributed by atoms with E-state index in [1.807, 2.05) is 32.0 Å². The fourth-order valence-corrected chi connectivity index (χ4v) is 4.84. The van der Waals surface area contributed by atoms with Gasteiger partial charge in [0, 0.05) is 0 Å². The maximum Gasteiger partial charge on any atom is 0.264 e. The standard InChI is InChI=1S/C18H20BrNO3S/c1-5-11-20(18-13(2)7-6-8-14(18)3)24(21,22)15-9-10-17(23-4)16(19)12-15/h5-10,12H,1,11H2,2-4H3. The molecule has 0 bridgehead atoms. The maximum atomic E-state index is 13.2. The van der Waals surface area contributed by atoms with Crippen molar-refractivity contribution in [2.45, 2.75) is 18.7 Å². The molecule has 0 aliphatic carbocycles. The molecule has 2 aromatic rings. The summed E-state index contributed by atoms with van der Waals surface area (Å²) >= 11 is 3.34. The van der Waals surface area contributed by atoms with E-state index in [-0.39, 0.29) is 11.4 Å². The highest BCUT2D eigenvalue weighted by atomic mass is 79.9. The Labute approximate surface area is 151 Å². The number of hydrogen-bond acceptors (Lipinski definition) is 3. The van der Waals surface area contributed by atoms with Gasteiger partial charge in [-0.05, 0) is 59.1 Å². The van der Waals surface area contributed by atoms with E-state index >= 15 is 0 Å². The number of benzene rings is 2. The predicted molar refractivity (Wildman–Crippen MR) is 101 cm³/mol. The van der Waals surface area contributed by atoms with Gasteiger partial charge in [0.05, 0.1) is 28.7 Å². The number of nitrogens with zero attached hydrogens (tertiary/aromatic N) is 1. The van der Waals surface area contributed by atoms with Gasteiger partial charge in [-0.3, -0.25) is 4.31 Å². The molecule has 0 aromatic heterocycles. The lowest BCUT2D eigenvalue weighted by Gasteiger charge is -2.26. The van der Waals surface area contributed by atoms with E-state index in [2.05, 4.69) is 22.5 Å². The summed E-state index contributed by atoms with van der Waals surface area (Å²) in [7, 11) is -2.20. The van der Waals surface area contributed by atoms with Crippen LogP contribution in [-0.4, -0.2) is 22.1 Å². The van der Waals surface area contributed by atoms with E-state index in [0.29, 0.717) is 15.9 Å². The highest BCUT2D eigenvalue weighted by Crippen LogP contribution is 2.33. The molecule has 2 rings (SSSR count). The van der Waals surface area contributed by atoms with Crippen LogP contribution in [0.2, 0.25) is 0 Å². The molecule has 0 atom stereocenters. The van der Waals surface area contributed by atoms with Crippen molar-refractivity contribution in [3.8, 4) is 5.75 Å². The summed E-state index contributed by atoms with van der Waals surface area (Å²) in [5.74, 6) is 0.580. The lowest BCUT2D eigenvalue weighted by molar-refractivity contribution is 0.411. The molecule has 0 unspecified atom stereocenters. The summed E-state index contributed by atoms with van der Waals surface area (Å²) in [6.45, 7) is 7.70. The molecule has 6 heteroatoms. The first-order chi connectivity index (χ1) is 11.3. The summed E-state index contributed by atoms with van der Waals surface area (Å²) < 4.78 is 33.5. The van der Waals surface area contributed by atoms with Crippen LogP contribution in [0, 0.1) is 13.8 Å². The molecule has 128 valence electrons. The lowest BCUT2D eigenvalue weighted by atomic mass is 10.1. The van der Waals surface area contributed by atoms with E-state index in [1.165, 1.54) is 11.4 Å². The second-order valence-electron chi connectivity index (χ2n) is 5.36. The van der Waals surface area contributed by atoms with Crippen LogP contribution in [0.15, 0.2) is 58.4 Å². The average molecular weight is 410 g/mol. The fourth-order valence-electron chi connectivity index (χ4n) is 2.56. The maximum absolute atomic E-state index is 13.2. The Balaban J connectivity index is 2.62. The molecular weight excluding hydrogens is 390 g/mol. The highest BCUT2D eigenvalue weighted by molar-refractivity contribution is 9.10. The normalized spacial score (nSPS) is 11.2. The van der Waals surface area contributed by atoms with Crippen molar-refractivity contribution in [3.63, 3.8) is 0 Å². The molecule has 0 fully saturated rings. The first kappa shape index (κ1) is 18.5. The zero-order valence-electron chi connectivity index (χ0n) is 13.9. The molecule has 2 aromatic carbocycles. The fraction of sp³-hybridized carbons (Fsp3) is 0.222. The van der Waals surface area contributed by atoms with Crippen molar-refractivity contribution in [3.05, 3.63) is 64.7 Å². The Morgan fingerprint density at radius 3 is 2.33 bits per heavy atom. The summed E-state index contributed by atoms with van der Waals surface area (Å²) in [6.07, 6.45) is 1.59. The summed E-state index contributed by atoms with van der Waals surface area (Å²) in [6, 6.07) is 10.4. The monoisotopic (exact) mass is 409 g/mol. The van der Waals surface area contributed by atoms with E-state index in [9.17, 15) is 8.42 Å². The lowest BCUT2D eigenvalue weighted by Crippen LogP contribution is -2.32. The van der Waals surface area contributed by atoms with Crippen LogP contribution in [0.25, 0.3) is 0 Å². The van der Waals surface area contributed by atoms with Gasteiger partial charge in [-0.2, -0.15) is 0 Å². The first-order valence-corrected chi connectivity index (χ1v) is 9.59. The van der Waals surface area contributed by atoms with Crippen LogP contribution < -0.4 is 9.04 Å². The molecule has 0 saturated carbocycles. The third-order valence-electron chi connectivity index (χ3n) is 3.70. The number of aryl methyl sites for hydroxylation is 2. The molecule has 4 nitrogen and oxygen atoms in total. The van der Waals surface area contributed by atoms with E-state index in [1.54, 1.807) is 24.3 Å². The number of anilines is 1. The molecular formula is C18H20BrNO3S. The van der Waals surface area contributed by atoms with Crippen molar-refractivity contribution in [1.82, 2.24) is 0 Å². The van der Waals surface area contributed by atoms with Crippen molar-refractivity contribution in [2.75, 3.05) is 18.0 Å². The van der Waals surface area contributed by atoms with Crippen LogP contribution in [0.1, 0.15) is 11.1 Å². The quantitative estimate of drug-likeness (QED) is 0.661. The van der Waals surface area contributed by atoms with Crippen LogP contribution in [0.5, 0.6) is 5.75 Å². The van der Waals surface area contributed by atoms with Crippen molar-refractivity contribution < 1.29 is 13.2 Å². The van der Waals surface area contributed by atoms with Crippen molar-refractivity contribution in [2.24, 2.45) is 0 Å². The molecule has 24 heavy (non-hydrogen) atoms. The summed E-state index contributed by atoms with van der Waals surface area (Å²) in [5, 5.41) is 0. The minimum absolute atomic E-state index is 0.192. The predicted octanol–water partition coefficient (Wildman–Crippen LogP) is 4.46. The molecule has 0 aliphatic rings. The number of rotatable bonds is 6. The van der Waals surface area contributed by atoms with Gasteiger partial charge >= 0.3 is 0 Å². The smallest absolute Gasteiger partial charge is 0.264 e. The van der Waals surface area contributed by atoms with Crippen molar-refractivity contribution >= 4 is 31.6 Å². The second-order valence-corrected chi connectivity index (χ2v) is 8.08. The first-order valence-electron chi connectivity index (χ1n) is 7.36. The molecule has 0 N–H and O–H groups in total. The average Bonchev–Trinajstić information content (AvgIpc) is 2.53. The van der Waals surface area contributed by atoms with E-state index in [0.717, 1.165) is 11.1 Å². The van der Waals surface area contributed by atoms with Gasteiger partial charge in [0.15, 0.2) is 0 Å². The third kappa shape index (κ3) is 3.49. The molecule has 0 spiro atoms. The van der Waals surface area contributed by atoms with Crippen LogP contribution in [-0.2, 0) is 10.0 Å². The van der Waals surface area contributed by atoms with Crippen LogP contribution in [0.4, 0.5) is 5.69 Å². The second kappa shape index (κ2) is 7.40. The summed E-state index contributed by atoms with van der Waals surface area (Å²) in [4.78, 5) is 0.194. The van der Waals surface area contributed by atoms with Gasteiger partial charge < -0.3 is 4.74 Å². The zero-order chi connectivity index (χ0) is 17.9. The van der Waals surface area contributed by atoms with Gasteiger partial charge in [0.2, 0.25) is 0 Å². The zero-order valence-corrected chi connectivity index (χ0v) is 16.3. The number of methoxy groups -OCH3 is 1. The Morgan fingerprint density at radius 1 is 1.21 bits per heavy atom. The van der Waals surface area contributed by atoms with Gasteiger partial charge in [0.1, 0.15) is 5.75 Å². The molecule has 0 radical (unpaired) electrons. The van der Waals surface area contributed by atoms with Gasteiger partial charge in [-0.15, -0.1) is 6.58 Å². The van der Waals surface area contributed by atoms with Crippen molar-refractivity contribution in [1.29, 1.82) is 0 Å². The number of ether oxygens (including phenoxy) is 1. The van der Waals surface area contributed by atoms with E-state index in [4.69, 9.17) is 4.74 Å². The minimum atomic E-state index is -3.73. The Morgan fingerprint density at radius 2 is 1.83 bits per heavy atom. The van der Waals surface area contributed by atoms with Gasteiger partial charge in [0.25, 0.3) is 10.0 Å². The SMILES string of the molecule is C=CCN(c1c(C)cccc1C)S(=O)(=O)c1ccc(OC)c(Br)c1. The number of para-hydroxylation sites is 1. The molecule has 0 heterocycles. The molecule has 0 amide bonds. The number of hydrogen-bond donors (Lipinski definition) is 0. The molecule has 0 saturated heterocycles. The number of halogens is 1. The van der Waals surface area contributed by atoms with Crippen LogP contribution in [0.3, 0.4) is 0 Å². The molecule has 0 aliphatic heterocycles. The summed E-state index contributed by atoms with van der Waals surface area (Å²) in [5.41, 5.74) is 2.48. The Bertz CT molecular complexity index is 842. The van der Waals surface area contributed by atoms with E-state index < -0.39 is 10.0 Å². The number of sulfonamides is 1. The van der Waals surface area contributed by atoms with Gasteiger partial charge in [-0.25, -0.2) is 8.42 Å². The highest BCUT2D eigenvalue weighted by Gasteiger charge is 2.27. The third-order valence-corrected chi connectivity index (χ3v) is 6.08. The van der Waals surface area contributed by atoms with Crippen LogP contribution >= 0.6 is 15.9 Å². The minimum Gasteiger partial charge on any atom is -0.496 e. The topological polar surface area (TPSA) is 46.6 Å².